The van der Waals surface area contributed by atoms with Crippen molar-refractivity contribution >= 4 is 28.9 Å². The lowest BCUT2D eigenvalue weighted by molar-refractivity contribution is 0.401. The Morgan fingerprint density at radius 2 is 1.74 bits per heavy atom. The fourth-order valence-electron chi connectivity index (χ4n) is 2.65. The zero-order chi connectivity index (χ0) is 13.4. The molecule has 3 rings (SSSR count). The van der Waals surface area contributed by atoms with E-state index in [0.29, 0.717) is 12.9 Å². The van der Waals surface area contributed by atoms with Crippen LogP contribution in [0, 0.1) is 6.92 Å². The van der Waals surface area contributed by atoms with Crippen molar-refractivity contribution in [3.63, 3.8) is 0 Å². The van der Waals surface area contributed by atoms with Crippen molar-refractivity contribution in [3.05, 3.63) is 48.0 Å². The van der Waals surface area contributed by atoms with E-state index in [2.05, 4.69) is 41.8 Å². The van der Waals surface area contributed by atoms with Gasteiger partial charge in [-0.15, -0.1) is 0 Å². The standard InChI is InChI=1S/C15H16BNO2/c1-11-6-7-15-13(10-11)12-4-2-3-5-14(12)17(15)9-8-16(18)19/h2-7,10,18-19H,8-9H2,1H3. The van der Waals surface area contributed by atoms with Gasteiger partial charge in [0.15, 0.2) is 0 Å². The summed E-state index contributed by atoms with van der Waals surface area (Å²) in [5.41, 5.74) is 3.52. The molecule has 0 amide bonds. The highest BCUT2D eigenvalue weighted by Gasteiger charge is 2.12. The SMILES string of the molecule is Cc1ccc2c(c1)c1ccccc1n2CCB(O)O. The molecule has 96 valence electrons. The second-order valence-corrected chi connectivity index (χ2v) is 4.96. The number of para-hydroxylation sites is 1. The highest BCUT2D eigenvalue weighted by atomic mass is 16.4. The predicted octanol–water partition coefficient (Wildman–Crippen LogP) is 2.58. The van der Waals surface area contributed by atoms with E-state index in [-0.39, 0.29) is 0 Å². The minimum absolute atomic E-state index is 0.335. The van der Waals surface area contributed by atoms with Crippen LogP contribution in [-0.2, 0) is 6.54 Å². The molecule has 0 atom stereocenters. The highest BCUT2D eigenvalue weighted by Crippen LogP contribution is 2.29. The molecule has 0 aliphatic carbocycles. The summed E-state index contributed by atoms with van der Waals surface area (Å²) in [5, 5.41) is 20.6. The van der Waals surface area contributed by atoms with Crippen molar-refractivity contribution in [2.45, 2.75) is 19.8 Å². The minimum Gasteiger partial charge on any atom is -0.427 e. The van der Waals surface area contributed by atoms with Gasteiger partial charge in [0.05, 0.1) is 0 Å². The molecule has 2 aromatic carbocycles. The van der Waals surface area contributed by atoms with E-state index < -0.39 is 7.12 Å². The molecule has 0 saturated heterocycles. The molecule has 19 heavy (non-hydrogen) atoms. The number of rotatable bonds is 3. The van der Waals surface area contributed by atoms with Crippen LogP contribution < -0.4 is 0 Å². The van der Waals surface area contributed by atoms with Gasteiger partial charge in [-0.3, -0.25) is 0 Å². The van der Waals surface area contributed by atoms with Crippen LogP contribution in [0.25, 0.3) is 21.8 Å². The number of hydrogen-bond acceptors (Lipinski definition) is 2. The van der Waals surface area contributed by atoms with Gasteiger partial charge in [0.25, 0.3) is 0 Å². The third kappa shape index (κ3) is 2.13. The summed E-state index contributed by atoms with van der Waals surface area (Å²) in [6.45, 7) is 2.69. The second-order valence-electron chi connectivity index (χ2n) is 4.96. The van der Waals surface area contributed by atoms with Crippen molar-refractivity contribution < 1.29 is 10.0 Å². The Hall–Kier alpha value is -1.78. The van der Waals surface area contributed by atoms with Gasteiger partial charge in [-0.2, -0.15) is 0 Å². The summed E-state index contributed by atoms with van der Waals surface area (Å²) in [4.78, 5) is 0. The quantitative estimate of drug-likeness (QED) is 0.704. The van der Waals surface area contributed by atoms with E-state index in [1.807, 2.05) is 12.1 Å². The van der Waals surface area contributed by atoms with Crippen molar-refractivity contribution in [1.82, 2.24) is 4.57 Å². The van der Waals surface area contributed by atoms with Crippen LogP contribution in [0.3, 0.4) is 0 Å². The van der Waals surface area contributed by atoms with Crippen molar-refractivity contribution in [3.8, 4) is 0 Å². The van der Waals surface area contributed by atoms with Gasteiger partial charge in [-0.25, -0.2) is 0 Å². The zero-order valence-electron chi connectivity index (χ0n) is 10.9. The first-order valence-corrected chi connectivity index (χ1v) is 6.50. The molecule has 0 radical (unpaired) electrons. The molecule has 0 fully saturated rings. The zero-order valence-corrected chi connectivity index (χ0v) is 10.9. The Bertz CT molecular complexity index is 733. The van der Waals surface area contributed by atoms with Crippen LogP contribution in [0.4, 0.5) is 0 Å². The summed E-state index contributed by atoms with van der Waals surface area (Å²) in [5.74, 6) is 0. The molecule has 0 aliphatic rings. The molecule has 3 aromatic rings. The lowest BCUT2D eigenvalue weighted by atomic mass is 9.86. The van der Waals surface area contributed by atoms with E-state index in [1.54, 1.807) is 0 Å². The van der Waals surface area contributed by atoms with E-state index in [0.717, 1.165) is 11.0 Å². The third-order valence-corrected chi connectivity index (χ3v) is 3.54. The molecule has 3 nitrogen and oxygen atoms in total. The number of aryl methyl sites for hydroxylation is 2. The highest BCUT2D eigenvalue weighted by molar-refractivity contribution is 6.40. The van der Waals surface area contributed by atoms with Gasteiger partial charge >= 0.3 is 7.12 Å². The van der Waals surface area contributed by atoms with Gasteiger partial charge in [0.1, 0.15) is 0 Å². The van der Waals surface area contributed by atoms with Gasteiger partial charge in [0, 0.05) is 28.4 Å². The maximum absolute atomic E-state index is 9.08. The Balaban J connectivity index is 2.26. The Morgan fingerprint density at radius 1 is 1.00 bits per heavy atom. The molecule has 1 heterocycles. The Morgan fingerprint density at radius 3 is 2.53 bits per heavy atom. The molecule has 0 bridgehead atoms. The van der Waals surface area contributed by atoms with Crippen LogP contribution in [0.2, 0.25) is 6.32 Å². The van der Waals surface area contributed by atoms with E-state index in [1.165, 1.54) is 16.3 Å². The fourth-order valence-corrected chi connectivity index (χ4v) is 2.65. The van der Waals surface area contributed by atoms with Crippen LogP contribution in [0.5, 0.6) is 0 Å². The smallest absolute Gasteiger partial charge is 0.427 e. The summed E-state index contributed by atoms with van der Waals surface area (Å²) >= 11 is 0. The maximum Gasteiger partial charge on any atom is 0.453 e. The minimum atomic E-state index is -1.26. The Labute approximate surface area is 112 Å². The lowest BCUT2D eigenvalue weighted by Gasteiger charge is -2.06. The molecular weight excluding hydrogens is 237 g/mol. The number of hydrogen-bond donors (Lipinski definition) is 2. The molecule has 0 saturated carbocycles. The largest absolute Gasteiger partial charge is 0.453 e. The van der Waals surface area contributed by atoms with Crippen molar-refractivity contribution in [1.29, 1.82) is 0 Å². The van der Waals surface area contributed by atoms with Crippen molar-refractivity contribution in [2.24, 2.45) is 0 Å². The summed E-state index contributed by atoms with van der Waals surface area (Å²) in [6.07, 6.45) is 0.335. The summed E-state index contributed by atoms with van der Waals surface area (Å²) in [7, 11) is -1.26. The second kappa shape index (κ2) is 4.72. The number of aromatic nitrogens is 1. The van der Waals surface area contributed by atoms with Crippen LogP contribution in [0.1, 0.15) is 5.56 Å². The normalized spacial score (nSPS) is 11.3. The maximum atomic E-state index is 9.08. The van der Waals surface area contributed by atoms with E-state index in [9.17, 15) is 0 Å². The third-order valence-electron chi connectivity index (χ3n) is 3.54. The lowest BCUT2D eigenvalue weighted by Crippen LogP contribution is -2.13. The van der Waals surface area contributed by atoms with E-state index in [4.69, 9.17) is 10.0 Å². The molecule has 0 aliphatic heterocycles. The molecule has 4 heteroatoms. The summed E-state index contributed by atoms with van der Waals surface area (Å²) < 4.78 is 2.16. The first-order chi connectivity index (χ1) is 9.16. The summed E-state index contributed by atoms with van der Waals surface area (Å²) in [6, 6.07) is 14.6. The number of nitrogens with zero attached hydrogens (tertiary/aromatic N) is 1. The molecule has 0 unspecified atom stereocenters. The van der Waals surface area contributed by atoms with Crippen LogP contribution >= 0.6 is 0 Å². The molecular formula is C15H16BNO2. The monoisotopic (exact) mass is 253 g/mol. The van der Waals surface area contributed by atoms with Crippen molar-refractivity contribution in [2.75, 3.05) is 0 Å². The van der Waals surface area contributed by atoms with E-state index >= 15 is 0 Å². The van der Waals surface area contributed by atoms with Crippen LogP contribution in [0.15, 0.2) is 42.5 Å². The van der Waals surface area contributed by atoms with Gasteiger partial charge in [-0.1, -0.05) is 29.8 Å². The average molecular weight is 253 g/mol. The predicted molar refractivity (Wildman–Crippen MR) is 79.2 cm³/mol. The molecule has 0 spiro atoms. The average Bonchev–Trinajstić information content (AvgIpc) is 2.70. The molecule has 1 aromatic heterocycles. The van der Waals surface area contributed by atoms with Gasteiger partial charge in [0.2, 0.25) is 0 Å². The fraction of sp³-hybridized carbons (Fsp3) is 0.200. The van der Waals surface area contributed by atoms with Gasteiger partial charge < -0.3 is 14.6 Å². The number of benzene rings is 2. The topological polar surface area (TPSA) is 45.4 Å². The first-order valence-electron chi connectivity index (χ1n) is 6.50. The number of fused-ring (bicyclic) bond motifs is 3. The van der Waals surface area contributed by atoms with Crippen LogP contribution in [-0.4, -0.2) is 21.7 Å². The van der Waals surface area contributed by atoms with Gasteiger partial charge in [-0.05, 0) is 31.4 Å². The Kier molecular flexibility index (Phi) is 3.05. The molecule has 2 N–H and O–H groups in total. The first kappa shape index (κ1) is 12.3.